The van der Waals surface area contributed by atoms with Gasteiger partial charge in [-0.3, -0.25) is 0 Å². The van der Waals surface area contributed by atoms with E-state index in [9.17, 15) is 22.4 Å². The highest BCUT2D eigenvalue weighted by Gasteiger charge is 2.32. The van der Waals surface area contributed by atoms with E-state index in [4.69, 9.17) is 5.11 Å². The molecule has 0 unspecified atom stereocenters. The number of fused-ring (bicyclic) bond motifs is 1. The summed E-state index contributed by atoms with van der Waals surface area (Å²) in [5.41, 5.74) is -0.965. The second-order valence-electron chi connectivity index (χ2n) is 8.42. The van der Waals surface area contributed by atoms with Gasteiger partial charge in [-0.05, 0) is 31.0 Å². The SMILES string of the molecule is Cl.Cl.O=C(O)c1ccc(Nc2ncnc3c2c(F)cn3C2CCN(c3ncc(C(F)(F)F)cn3)CC2)c(F)c1. The molecule has 0 saturated carbocycles. The molecule has 0 spiro atoms. The van der Waals surface area contributed by atoms with E-state index in [0.29, 0.717) is 25.9 Å². The Hall–Kier alpha value is -3.78. The molecule has 2 N–H and O–H groups in total. The van der Waals surface area contributed by atoms with E-state index in [-0.39, 0.29) is 64.9 Å². The number of anilines is 3. The molecule has 4 heterocycles. The molecule has 39 heavy (non-hydrogen) atoms. The van der Waals surface area contributed by atoms with Gasteiger partial charge in [0.2, 0.25) is 5.95 Å². The van der Waals surface area contributed by atoms with Crippen LogP contribution in [0.15, 0.2) is 43.1 Å². The van der Waals surface area contributed by atoms with Crippen molar-refractivity contribution in [3.8, 4) is 0 Å². The number of carboxylic acids is 1. The fourth-order valence-corrected chi connectivity index (χ4v) is 4.26. The van der Waals surface area contributed by atoms with Gasteiger partial charge in [0.15, 0.2) is 5.82 Å². The molecule has 16 heteroatoms. The monoisotopic (exact) mass is 591 g/mol. The summed E-state index contributed by atoms with van der Waals surface area (Å²) in [6.07, 6.45) is 0.490. The average molecular weight is 592 g/mol. The zero-order valence-electron chi connectivity index (χ0n) is 19.7. The van der Waals surface area contributed by atoms with E-state index in [1.807, 2.05) is 0 Å². The quantitative estimate of drug-likeness (QED) is 0.287. The van der Waals surface area contributed by atoms with E-state index in [0.717, 1.165) is 18.5 Å². The van der Waals surface area contributed by atoms with Crippen LogP contribution in [0.25, 0.3) is 11.0 Å². The van der Waals surface area contributed by atoms with Gasteiger partial charge in [0, 0.05) is 37.7 Å². The molecule has 3 aromatic heterocycles. The summed E-state index contributed by atoms with van der Waals surface area (Å²) in [4.78, 5) is 28.7. The number of rotatable bonds is 5. The van der Waals surface area contributed by atoms with Gasteiger partial charge < -0.3 is 19.9 Å². The summed E-state index contributed by atoms with van der Waals surface area (Å²) in [6, 6.07) is 3.10. The molecule has 0 aliphatic carbocycles. The van der Waals surface area contributed by atoms with Gasteiger partial charge in [0.25, 0.3) is 0 Å². The fourth-order valence-electron chi connectivity index (χ4n) is 4.26. The van der Waals surface area contributed by atoms with Crippen LogP contribution < -0.4 is 10.2 Å². The Balaban J connectivity index is 0.00000210. The Labute approximate surface area is 229 Å². The first-order valence-electron chi connectivity index (χ1n) is 11.1. The predicted octanol–water partition coefficient (Wildman–Crippen LogP) is 5.65. The van der Waals surface area contributed by atoms with Crippen LogP contribution in [0.5, 0.6) is 0 Å². The van der Waals surface area contributed by atoms with Crippen molar-refractivity contribution in [2.75, 3.05) is 23.3 Å². The third-order valence-corrected chi connectivity index (χ3v) is 6.14. The molecular weight excluding hydrogens is 572 g/mol. The number of carboxylic acid groups (broad SMARTS) is 1. The number of alkyl halides is 3. The number of aromatic carboxylic acids is 1. The highest BCUT2D eigenvalue weighted by Crippen LogP contribution is 2.34. The summed E-state index contributed by atoms with van der Waals surface area (Å²) in [7, 11) is 0. The van der Waals surface area contributed by atoms with E-state index in [1.54, 1.807) is 9.47 Å². The Kier molecular flexibility index (Phi) is 8.80. The van der Waals surface area contributed by atoms with Crippen molar-refractivity contribution in [3.05, 3.63) is 65.9 Å². The van der Waals surface area contributed by atoms with Crippen molar-refractivity contribution in [1.29, 1.82) is 0 Å². The summed E-state index contributed by atoms with van der Waals surface area (Å²) >= 11 is 0. The maximum absolute atomic E-state index is 15.0. The molecular formula is C23H20Cl2F5N7O2. The Morgan fingerprint density at radius 3 is 2.26 bits per heavy atom. The maximum atomic E-state index is 15.0. The standard InChI is InChI=1S/C23H18F5N7O2.2ClH/c24-15-7-12(21(36)37)1-2-17(15)33-19-18-16(25)10-35(20(18)32-11-31-19)14-3-5-34(6-4-14)22-29-8-13(9-30-22)23(26,27)28;;/h1-2,7-11,14H,3-6H2,(H,36,37)(H,31,32,33);2*1H. The first-order valence-corrected chi connectivity index (χ1v) is 11.1. The van der Waals surface area contributed by atoms with E-state index in [1.165, 1.54) is 24.7 Å². The Morgan fingerprint density at radius 1 is 1.00 bits per heavy atom. The summed E-state index contributed by atoms with van der Waals surface area (Å²) in [6.45, 7) is 0.850. The lowest BCUT2D eigenvalue weighted by atomic mass is 10.1. The molecule has 0 radical (unpaired) electrons. The van der Waals surface area contributed by atoms with E-state index >= 15 is 4.39 Å². The van der Waals surface area contributed by atoms with Crippen LogP contribution in [-0.4, -0.2) is 48.7 Å². The number of piperidine rings is 1. The first kappa shape index (κ1) is 29.8. The minimum Gasteiger partial charge on any atom is -0.478 e. The molecule has 0 bridgehead atoms. The van der Waals surface area contributed by atoms with Gasteiger partial charge in [-0.2, -0.15) is 13.2 Å². The second kappa shape index (κ2) is 11.5. The first-order chi connectivity index (χ1) is 17.6. The number of halogens is 7. The van der Waals surface area contributed by atoms with Crippen molar-refractivity contribution in [3.63, 3.8) is 0 Å². The Bertz CT molecular complexity index is 1480. The van der Waals surface area contributed by atoms with Crippen molar-refractivity contribution in [2.24, 2.45) is 0 Å². The molecule has 0 atom stereocenters. The molecule has 1 aliphatic rings. The van der Waals surface area contributed by atoms with Crippen LogP contribution in [0.3, 0.4) is 0 Å². The predicted molar refractivity (Wildman–Crippen MR) is 136 cm³/mol. The third-order valence-electron chi connectivity index (χ3n) is 6.14. The van der Waals surface area contributed by atoms with Gasteiger partial charge >= 0.3 is 12.1 Å². The molecule has 4 aromatic rings. The molecule has 9 nitrogen and oxygen atoms in total. The van der Waals surface area contributed by atoms with Gasteiger partial charge in [-0.15, -0.1) is 24.8 Å². The highest BCUT2D eigenvalue weighted by atomic mass is 35.5. The highest BCUT2D eigenvalue weighted by molar-refractivity contribution is 5.91. The van der Waals surface area contributed by atoms with Crippen LogP contribution in [0.4, 0.5) is 39.4 Å². The van der Waals surface area contributed by atoms with Gasteiger partial charge in [-0.1, -0.05) is 0 Å². The second-order valence-corrected chi connectivity index (χ2v) is 8.42. The summed E-state index contributed by atoms with van der Waals surface area (Å²) < 4.78 is 69.4. The lowest BCUT2D eigenvalue weighted by Crippen LogP contribution is -2.35. The van der Waals surface area contributed by atoms with Gasteiger partial charge in [0.1, 0.15) is 23.6 Å². The van der Waals surface area contributed by atoms with Crippen molar-refractivity contribution >= 4 is 59.3 Å². The molecule has 208 valence electrons. The van der Waals surface area contributed by atoms with E-state index in [2.05, 4.69) is 25.3 Å². The number of hydrogen-bond donors (Lipinski definition) is 2. The number of benzene rings is 1. The molecule has 1 aromatic carbocycles. The molecule has 0 amide bonds. The average Bonchev–Trinajstić information content (AvgIpc) is 3.22. The maximum Gasteiger partial charge on any atom is 0.419 e. The fraction of sp³-hybridized carbons (Fsp3) is 0.261. The van der Waals surface area contributed by atoms with Crippen LogP contribution in [0.2, 0.25) is 0 Å². The largest absolute Gasteiger partial charge is 0.478 e. The van der Waals surface area contributed by atoms with Crippen molar-refractivity contribution < 1.29 is 31.9 Å². The number of carbonyl (C=O) groups is 1. The van der Waals surface area contributed by atoms with Crippen molar-refractivity contribution in [2.45, 2.75) is 25.1 Å². The van der Waals surface area contributed by atoms with Gasteiger partial charge in [0.05, 0.1) is 22.2 Å². The molecule has 1 aliphatic heterocycles. The normalized spacial score (nSPS) is 14.0. The minimum atomic E-state index is -4.52. The molecule has 1 fully saturated rings. The summed E-state index contributed by atoms with van der Waals surface area (Å²) in [5, 5.41) is 11.7. The zero-order valence-corrected chi connectivity index (χ0v) is 21.3. The number of nitrogens with zero attached hydrogens (tertiary/aromatic N) is 6. The Morgan fingerprint density at radius 2 is 1.67 bits per heavy atom. The number of hydrogen-bond acceptors (Lipinski definition) is 7. The van der Waals surface area contributed by atoms with E-state index < -0.39 is 29.3 Å². The zero-order chi connectivity index (χ0) is 26.3. The number of nitrogens with one attached hydrogen (secondary N) is 1. The summed E-state index contributed by atoms with van der Waals surface area (Å²) in [5.74, 6) is -2.56. The van der Waals surface area contributed by atoms with Crippen LogP contribution in [0, 0.1) is 11.6 Å². The lowest BCUT2D eigenvalue weighted by molar-refractivity contribution is -0.138. The minimum absolute atomic E-state index is 0. The number of aromatic nitrogens is 5. The van der Waals surface area contributed by atoms with Gasteiger partial charge in [-0.25, -0.2) is 33.5 Å². The molecule has 5 rings (SSSR count). The lowest BCUT2D eigenvalue weighted by Gasteiger charge is -2.32. The topological polar surface area (TPSA) is 109 Å². The van der Waals surface area contributed by atoms with Crippen molar-refractivity contribution in [1.82, 2.24) is 24.5 Å². The third kappa shape index (κ3) is 5.96. The van der Waals surface area contributed by atoms with Crippen LogP contribution in [-0.2, 0) is 6.18 Å². The smallest absolute Gasteiger partial charge is 0.419 e. The van der Waals surface area contributed by atoms with Crippen LogP contribution in [0.1, 0.15) is 34.8 Å². The molecule has 1 saturated heterocycles. The van der Waals surface area contributed by atoms with Crippen LogP contribution >= 0.6 is 24.8 Å².